The van der Waals surface area contributed by atoms with Gasteiger partial charge in [-0.05, 0) is 25.1 Å². The van der Waals surface area contributed by atoms with Gasteiger partial charge in [0.1, 0.15) is 17.0 Å². The first-order valence-electron chi connectivity index (χ1n) is 10.3. The number of aryl methyl sites for hydroxylation is 1. The van der Waals surface area contributed by atoms with Crippen LogP contribution in [0.25, 0.3) is 33.6 Å². The maximum absolute atomic E-state index is 13.0. The number of aromatic nitrogens is 5. The van der Waals surface area contributed by atoms with Gasteiger partial charge < -0.3 is 8.94 Å². The van der Waals surface area contributed by atoms with E-state index in [4.69, 9.17) is 20.5 Å². The molecule has 5 aromatic rings. The third kappa shape index (κ3) is 4.15. The Balaban J connectivity index is 1.45. The quantitative estimate of drug-likeness (QED) is 0.166. The lowest BCUT2D eigenvalue weighted by Crippen LogP contribution is -2.22. The van der Waals surface area contributed by atoms with Crippen LogP contribution < -0.4 is 5.56 Å². The molecule has 2 aromatic carbocycles. The van der Waals surface area contributed by atoms with Crippen LogP contribution in [0.4, 0.5) is 0 Å². The topological polar surface area (TPSA) is 99.8 Å². The van der Waals surface area contributed by atoms with Crippen molar-refractivity contribution in [3.8, 4) is 22.7 Å². The van der Waals surface area contributed by atoms with Gasteiger partial charge >= 0.3 is 0 Å². The normalized spacial score (nSPS) is 11.2. The van der Waals surface area contributed by atoms with E-state index in [9.17, 15) is 4.79 Å². The molecular formula is C24H18ClN5O3S. The van der Waals surface area contributed by atoms with E-state index in [1.54, 1.807) is 35.8 Å². The number of hydrogen-bond acceptors (Lipinski definition) is 8. The van der Waals surface area contributed by atoms with Gasteiger partial charge in [-0.1, -0.05) is 64.9 Å². The van der Waals surface area contributed by atoms with Crippen LogP contribution in [0.3, 0.4) is 0 Å². The van der Waals surface area contributed by atoms with Crippen molar-refractivity contribution in [2.75, 3.05) is 0 Å². The molecule has 0 spiro atoms. The van der Waals surface area contributed by atoms with Gasteiger partial charge in [0.15, 0.2) is 5.16 Å². The molecule has 3 aromatic heterocycles. The Bertz CT molecular complexity index is 1560. The summed E-state index contributed by atoms with van der Waals surface area (Å²) in [6.07, 6.45) is 1.65. The van der Waals surface area contributed by atoms with E-state index >= 15 is 0 Å². The molecule has 0 aliphatic heterocycles. The lowest BCUT2D eigenvalue weighted by molar-refractivity contribution is 0.399. The number of benzene rings is 2. The fourth-order valence-electron chi connectivity index (χ4n) is 3.53. The summed E-state index contributed by atoms with van der Waals surface area (Å²) in [6.45, 7) is 5.87. The van der Waals surface area contributed by atoms with E-state index in [2.05, 4.69) is 26.9 Å². The van der Waals surface area contributed by atoms with E-state index in [1.807, 2.05) is 30.3 Å². The zero-order valence-corrected chi connectivity index (χ0v) is 19.6. The molecule has 0 fully saturated rings. The largest absolute Gasteiger partial charge is 0.420 e. The van der Waals surface area contributed by atoms with Gasteiger partial charge in [-0.2, -0.15) is 0 Å². The van der Waals surface area contributed by atoms with Gasteiger partial charge in [0.25, 0.3) is 11.4 Å². The molecule has 0 aliphatic carbocycles. The fraction of sp³-hybridized carbons (Fsp3) is 0.125. The molecule has 0 aliphatic rings. The average molecular weight is 492 g/mol. The smallest absolute Gasteiger partial charge is 0.262 e. The predicted octanol–water partition coefficient (Wildman–Crippen LogP) is 5.54. The summed E-state index contributed by atoms with van der Waals surface area (Å²) >= 11 is 7.42. The summed E-state index contributed by atoms with van der Waals surface area (Å²) in [6, 6.07) is 14.7. The molecule has 0 atom stereocenters. The lowest BCUT2D eigenvalue weighted by atomic mass is 10.1. The van der Waals surface area contributed by atoms with Crippen molar-refractivity contribution in [2.45, 2.75) is 24.4 Å². The van der Waals surface area contributed by atoms with Gasteiger partial charge in [0.05, 0.1) is 16.7 Å². The molecule has 5 rings (SSSR count). The standard InChI is InChI=1S/C24H18ClN5O3S/c1-3-11-30-23(31)17-10-9-16(25)12-18(17)26-24(30)34-13-19-27-28-22(32-19)20-14(2)33-29-21(20)15-7-5-4-6-8-15/h3-10,12H,1,11,13H2,2H3. The van der Waals surface area contributed by atoms with Gasteiger partial charge in [-0.15, -0.1) is 16.8 Å². The molecule has 170 valence electrons. The first-order valence-corrected chi connectivity index (χ1v) is 11.7. The van der Waals surface area contributed by atoms with E-state index in [-0.39, 0.29) is 5.56 Å². The Labute approximate surface area is 203 Å². The highest BCUT2D eigenvalue weighted by Gasteiger charge is 2.22. The second kappa shape index (κ2) is 9.28. The molecule has 0 N–H and O–H groups in total. The van der Waals surface area contributed by atoms with Crippen LogP contribution in [0.15, 0.2) is 80.1 Å². The van der Waals surface area contributed by atoms with E-state index in [1.165, 1.54) is 11.8 Å². The highest BCUT2D eigenvalue weighted by molar-refractivity contribution is 7.98. The maximum Gasteiger partial charge on any atom is 0.262 e. The first-order chi connectivity index (χ1) is 16.5. The van der Waals surface area contributed by atoms with Gasteiger partial charge in [0.2, 0.25) is 5.89 Å². The van der Waals surface area contributed by atoms with Crippen molar-refractivity contribution in [1.82, 2.24) is 24.9 Å². The minimum Gasteiger partial charge on any atom is -0.420 e. The molecule has 0 amide bonds. The SMILES string of the molecule is C=CCn1c(SCc2nnc(-c3c(-c4ccccc4)noc3C)o2)nc2cc(Cl)ccc2c1=O. The minimum atomic E-state index is -0.164. The summed E-state index contributed by atoms with van der Waals surface area (Å²) in [5.41, 5.74) is 2.53. The Morgan fingerprint density at radius 2 is 2.00 bits per heavy atom. The summed E-state index contributed by atoms with van der Waals surface area (Å²) < 4.78 is 12.9. The monoisotopic (exact) mass is 491 g/mol. The number of thioether (sulfide) groups is 1. The number of nitrogens with zero attached hydrogens (tertiary/aromatic N) is 5. The van der Waals surface area contributed by atoms with Crippen LogP contribution in [0.1, 0.15) is 11.7 Å². The second-order valence-electron chi connectivity index (χ2n) is 7.38. The molecule has 0 radical (unpaired) electrons. The number of fused-ring (bicyclic) bond motifs is 1. The molecule has 10 heteroatoms. The number of allylic oxidation sites excluding steroid dienone is 1. The molecular weight excluding hydrogens is 474 g/mol. The highest BCUT2D eigenvalue weighted by atomic mass is 35.5. The van der Waals surface area contributed by atoms with Crippen LogP contribution >= 0.6 is 23.4 Å². The van der Waals surface area contributed by atoms with Crippen molar-refractivity contribution < 1.29 is 8.94 Å². The average Bonchev–Trinajstić information content (AvgIpc) is 3.46. The van der Waals surface area contributed by atoms with Crippen LogP contribution in [-0.4, -0.2) is 24.9 Å². The Morgan fingerprint density at radius 3 is 2.79 bits per heavy atom. The fourth-order valence-corrected chi connectivity index (χ4v) is 4.54. The Morgan fingerprint density at radius 1 is 1.18 bits per heavy atom. The van der Waals surface area contributed by atoms with Crippen molar-refractivity contribution in [3.05, 3.63) is 88.2 Å². The molecule has 0 bridgehead atoms. The number of halogens is 1. The zero-order valence-electron chi connectivity index (χ0n) is 18.1. The van der Waals surface area contributed by atoms with Crippen molar-refractivity contribution in [1.29, 1.82) is 0 Å². The molecule has 0 saturated heterocycles. The number of hydrogen-bond donors (Lipinski definition) is 0. The molecule has 34 heavy (non-hydrogen) atoms. The molecule has 0 saturated carbocycles. The van der Waals surface area contributed by atoms with Gasteiger partial charge in [-0.25, -0.2) is 4.98 Å². The lowest BCUT2D eigenvalue weighted by Gasteiger charge is -2.10. The predicted molar refractivity (Wildman–Crippen MR) is 131 cm³/mol. The first kappa shape index (κ1) is 22.1. The molecule has 8 nitrogen and oxygen atoms in total. The van der Waals surface area contributed by atoms with Crippen molar-refractivity contribution >= 4 is 34.3 Å². The maximum atomic E-state index is 13.0. The van der Waals surface area contributed by atoms with E-state index in [0.717, 1.165) is 5.56 Å². The van der Waals surface area contributed by atoms with Crippen molar-refractivity contribution in [3.63, 3.8) is 0 Å². The third-order valence-corrected chi connectivity index (χ3v) is 6.31. The summed E-state index contributed by atoms with van der Waals surface area (Å²) in [4.78, 5) is 17.6. The minimum absolute atomic E-state index is 0.164. The second-order valence-corrected chi connectivity index (χ2v) is 8.76. The Hall–Kier alpha value is -3.69. The van der Waals surface area contributed by atoms with Gasteiger partial charge in [0, 0.05) is 17.1 Å². The summed E-state index contributed by atoms with van der Waals surface area (Å²) in [5, 5.41) is 14.1. The van der Waals surface area contributed by atoms with Crippen LogP contribution in [0.2, 0.25) is 5.02 Å². The molecule has 3 heterocycles. The van der Waals surface area contributed by atoms with Crippen molar-refractivity contribution in [2.24, 2.45) is 0 Å². The third-order valence-electron chi connectivity index (χ3n) is 5.11. The van der Waals surface area contributed by atoms with Gasteiger partial charge in [-0.3, -0.25) is 9.36 Å². The van der Waals surface area contributed by atoms with Crippen LogP contribution in [0.5, 0.6) is 0 Å². The van der Waals surface area contributed by atoms with Crippen LogP contribution in [-0.2, 0) is 12.3 Å². The molecule has 0 unspecified atom stereocenters. The summed E-state index contributed by atoms with van der Waals surface area (Å²) in [7, 11) is 0. The number of rotatable bonds is 7. The zero-order chi connectivity index (χ0) is 23.7. The highest BCUT2D eigenvalue weighted by Crippen LogP contribution is 2.34. The van der Waals surface area contributed by atoms with E-state index in [0.29, 0.717) is 62.2 Å². The van der Waals surface area contributed by atoms with E-state index < -0.39 is 0 Å². The summed E-state index contributed by atoms with van der Waals surface area (Å²) in [5.74, 6) is 1.59. The van der Waals surface area contributed by atoms with Crippen LogP contribution in [0, 0.1) is 6.92 Å². The Kier molecular flexibility index (Phi) is 6.04.